The van der Waals surface area contributed by atoms with Gasteiger partial charge < -0.3 is 15.0 Å². The van der Waals surface area contributed by atoms with Gasteiger partial charge in [0, 0.05) is 37.5 Å². The van der Waals surface area contributed by atoms with Crippen molar-refractivity contribution in [3.05, 3.63) is 120 Å². The van der Waals surface area contributed by atoms with E-state index in [1.54, 1.807) is 6.20 Å². The summed E-state index contributed by atoms with van der Waals surface area (Å²) in [5, 5.41) is 2.99. The molecule has 1 saturated heterocycles. The van der Waals surface area contributed by atoms with Crippen LogP contribution in [0.2, 0.25) is 0 Å². The lowest BCUT2D eigenvalue weighted by molar-refractivity contribution is 0.0950. The molecule has 1 fully saturated rings. The lowest BCUT2D eigenvalue weighted by Crippen LogP contribution is -2.39. The van der Waals surface area contributed by atoms with Crippen molar-refractivity contribution < 1.29 is 9.53 Å². The zero-order chi connectivity index (χ0) is 26.9. The molecule has 1 unspecified atom stereocenters. The minimum atomic E-state index is -0.0974. The van der Waals surface area contributed by atoms with Gasteiger partial charge in [-0.25, -0.2) is 4.98 Å². The lowest BCUT2D eigenvalue weighted by Gasteiger charge is -2.32. The van der Waals surface area contributed by atoms with Crippen molar-refractivity contribution in [2.24, 2.45) is 0 Å². The predicted octanol–water partition coefficient (Wildman–Crippen LogP) is 6.72. The van der Waals surface area contributed by atoms with Crippen molar-refractivity contribution in [1.82, 2.24) is 15.2 Å². The quantitative estimate of drug-likeness (QED) is 0.253. The van der Waals surface area contributed by atoms with Crippen LogP contribution >= 0.6 is 0 Å². The van der Waals surface area contributed by atoms with Crippen LogP contribution in [-0.4, -0.2) is 41.5 Å². The first-order chi connectivity index (χ1) is 19.1. The number of hydrogen-bond donors (Lipinski definition) is 1. The highest BCUT2D eigenvalue weighted by Crippen LogP contribution is 2.22. The summed E-state index contributed by atoms with van der Waals surface area (Å²) in [4.78, 5) is 19.7. The zero-order valence-corrected chi connectivity index (χ0v) is 22.6. The second-order valence-electron chi connectivity index (χ2n) is 10.4. The summed E-state index contributed by atoms with van der Waals surface area (Å²) in [5.74, 6) is 1.13. The van der Waals surface area contributed by atoms with Crippen LogP contribution in [-0.2, 0) is 6.54 Å². The van der Waals surface area contributed by atoms with Gasteiger partial charge in [0.15, 0.2) is 0 Å². The number of amides is 1. The van der Waals surface area contributed by atoms with Gasteiger partial charge in [0.25, 0.3) is 5.91 Å². The molecule has 200 valence electrons. The Morgan fingerprint density at radius 3 is 2.23 bits per heavy atom. The third-order valence-electron chi connectivity index (χ3n) is 7.57. The van der Waals surface area contributed by atoms with Crippen LogP contribution in [0.4, 0.5) is 0 Å². The van der Waals surface area contributed by atoms with Gasteiger partial charge >= 0.3 is 0 Å². The summed E-state index contributed by atoms with van der Waals surface area (Å²) >= 11 is 0. The summed E-state index contributed by atoms with van der Waals surface area (Å²) in [6.45, 7) is 5.98. The highest BCUT2D eigenvalue weighted by molar-refractivity contribution is 5.94. The largest absolute Gasteiger partial charge is 0.474 e. The number of aromatic nitrogens is 1. The van der Waals surface area contributed by atoms with Crippen molar-refractivity contribution in [2.45, 2.75) is 44.8 Å². The molecular formula is C34H37N3O2. The number of carbonyl (C=O) groups excluding carboxylic acids is 1. The topological polar surface area (TPSA) is 54.5 Å². The zero-order valence-electron chi connectivity index (χ0n) is 22.6. The molecule has 5 nitrogen and oxygen atoms in total. The van der Waals surface area contributed by atoms with E-state index in [-0.39, 0.29) is 12.0 Å². The molecule has 39 heavy (non-hydrogen) atoms. The Kier molecular flexibility index (Phi) is 9.02. The van der Waals surface area contributed by atoms with Crippen LogP contribution in [0.25, 0.3) is 11.1 Å². The Morgan fingerprint density at radius 1 is 0.897 bits per heavy atom. The molecule has 0 spiro atoms. The first-order valence-corrected chi connectivity index (χ1v) is 14.0. The summed E-state index contributed by atoms with van der Waals surface area (Å²) in [7, 11) is 0. The van der Waals surface area contributed by atoms with E-state index in [0.29, 0.717) is 23.9 Å². The van der Waals surface area contributed by atoms with E-state index in [1.807, 2.05) is 54.6 Å². The third-order valence-corrected chi connectivity index (χ3v) is 7.57. The van der Waals surface area contributed by atoms with Crippen LogP contribution < -0.4 is 10.1 Å². The predicted molar refractivity (Wildman–Crippen MR) is 157 cm³/mol. The molecule has 2 heterocycles. The molecule has 1 aliphatic heterocycles. The van der Waals surface area contributed by atoms with E-state index in [2.05, 4.69) is 64.6 Å². The number of nitrogens with zero attached hydrogens (tertiary/aromatic N) is 2. The Balaban J connectivity index is 1.02. The first kappa shape index (κ1) is 26.6. The number of nitrogens with one attached hydrogen (secondary N) is 1. The van der Waals surface area contributed by atoms with Crippen LogP contribution in [0.1, 0.15) is 53.6 Å². The number of rotatable bonds is 10. The number of likely N-dealkylation sites (tertiary alicyclic amines) is 1. The highest BCUT2D eigenvalue weighted by Gasteiger charge is 2.21. The highest BCUT2D eigenvalue weighted by atomic mass is 16.5. The fraction of sp³-hybridized carbons (Fsp3) is 0.294. The molecule has 0 aliphatic carbocycles. The maximum Gasteiger partial charge on any atom is 0.251 e. The van der Waals surface area contributed by atoms with Crippen LogP contribution in [0.3, 0.4) is 0 Å². The van der Waals surface area contributed by atoms with E-state index >= 15 is 0 Å². The minimum absolute atomic E-state index is 0.0974. The molecule has 4 aromatic rings. The van der Waals surface area contributed by atoms with Crippen molar-refractivity contribution in [3.8, 4) is 17.0 Å². The average Bonchev–Trinajstić information content (AvgIpc) is 3.01. The molecule has 5 rings (SSSR count). The van der Waals surface area contributed by atoms with Crippen molar-refractivity contribution in [1.29, 1.82) is 0 Å². The standard InChI is InChI=1S/C34H37N3O2/c1-26(28-8-4-2-5-9-28)18-21-37-22-19-32(20-23-37)39-33-17-12-27(24-35-33)25-36-34(38)31-15-13-30(14-16-31)29-10-6-3-7-11-29/h2-17,24,26,32H,18-23,25H2,1H3,(H,36,38). The van der Waals surface area contributed by atoms with Crippen molar-refractivity contribution >= 4 is 5.91 Å². The number of piperidine rings is 1. The van der Waals surface area contributed by atoms with Gasteiger partial charge in [-0.2, -0.15) is 0 Å². The molecule has 3 aromatic carbocycles. The molecule has 1 amide bonds. The van der Waals surface area contributed by atoms with E-state index in [1.165, 1.54) is 12.0 Å². The van der Waals surface area contributed by atoms with E-state index < -0.39 is 0 Å². The Bertz CT molecular complexity index is 1300. The van der Waals surface area contributed by atoms with Gasteiger partial charge in [0.1, 0.15) is 6.10 Å². The Hall–Kier alpha value is -3.96. The van der Waals surface area contributed by atoms with Gasteiger partial charge in [-0.15, -0.1) is 0 Å². The van der Waals surface area contributed by atoms with Crippen molar-refractivity contribution in [2.75, 3.05) is 19.6 Å². The maximum atomic E-state index is 12.6. The monoisotopic (exact) mass is 519 g/mol. The molecule has 5 heteroatoms. The summed E-state index contributed by atoms with van der Waals surface area (Å²) in [6, 6.07) is 32.5. The first-order valence-electron chi connectivity index (χ1n) is 14.0. The molecular weight excluding hydrogens is 482 g/mol. The van der Waals surface area contributed by atoms with E-state index in [9.17, 15) is 4.79 Å². The Morgan fingerprint density at radius 2 is 1.56 bits per heavy atom. The summed E-state index contributed by atoms with van der Waals surface area (Å²) < 4.78 is 6.17. The fourth-order valence-electron chi connectivity index (χ4n) is 5.06. The second-order valence-corrected chi connectivity index (χ2v) is 10.4. The van der Waals surface area contributed by atoms with Crippen LogP contribution in [0.15, 0.2) is 103 Å². The molecule has 1 aromatic heterocycles. The molecule has 1 atom stereocenters. The summed E-state index contributed by atoms with van der Waals surface area (Å²) in [6.07, 6.45) is 5.19. The van der Waals surface area contributed by atoms with Gasteiger partial charge in [-0.1, -0.05) is 85.8 Å². The SMILES string of the molecule is CC(CCN1CCC(Oc2ccc(CNC(=O)c3ccc(-c4ccccc4)cc3)cn2)CC1)c1ccccc1. The molecule has 1 N–H and O–H groups in total. The van der Waals surface area contributed by atoms with Crippen LogP contribution in [0.5, 0.6) is 5.88 Å². The normalized spacial score (nSPS) is 15.0. The van der Waals surface area contributed by atoms with E-state index in [0.717, 1.165) is 49.2 Å². The molecule has 0 saturated carbocycles. The third kappa shape index (κ3) is 7.55. The lowest BCUT2D eigenvalue weighted by atomic mass is 9.97. The number of pyridine rings is 1. The molecule has 1 aliphatic rings. The van der Waals surface area contributed by atoms with Gasteiger partial charge in [-0.05, 0) is 66.1 Å². The maximum absolute atomic E-state index is 12.6. The minimum Gasteiger partial charge on any atom is -0.474 e. The average molecular weight is 520 g/mol. The van der Waals surface area contributed by atoms with Crippen molar-refractivity contribution in [3.63, 3.8) is 0 Å². The fourth-order valence-corrected chi connectivity index (χ4v) is 5.06. The number of ether oxygens (including phenoxy) is 1. The number of carbonyl (C=O) groups is 1. The van der Waals surface area contributed by atoms with Gasteiger partial charge in [0.05, 0.1) is 0 Å². The van der Waals surface area contributed by atoms with Crippen LogP contribution in [0, 0.1) is 0 Å². The molecule has 0 bridgehead atoms. The Labute approximate surface area is 231 Å². The number of hydrogen-bond acceptors (Lipinski definition) is 4. The second kappa shape index (κ2) is 13.2. The van der Waals surface area contributed by atoms with Gasteiger partial charge in [0.2, 0.25) is 5.88 Å². The number of benzene rings is 3. The smallest absolute Gasteiger partial charge is 0.251 e. The summed E-state index contributed by atoms with van der Waals surface area (Å²) in [5.41, 5.74) is 5.23. The van der Waals surface area contributed by atoms with E-state index in [4.69, 9.17) is 4.74 Å². The van der Waals surface area contributed by atoms with Gasteiger partial charge in [-0.3, -0.25) is 4.79 Å². The molecule has 0 radical (unpaired) electrons.